The zero-order valence-electron chi connectivity index (χ0n) is 13.5. The van der Waals surface area contributed by atoms with Crippen molar-refractivity contribution in [2.75, 3.05) is 25.1 Å². The predicted octanol–water partition coefficient (Wildman–Crippen LogP) is 4.53. The van der Waals surface area contributed by atoms with E-state index in [0.717, 1.165) is 36.6 Å². The fourth-order valence-corrected chi connectivity index (χ4v) is 2.33. The summed E-state index contributed by atoms with van der Waals surface area (Å²) in [5, 5.41) is 3.45. The number of rotatable bonds is 9. The highest BCUT2D eigenvalue weighted by molar-refractivity contribution is 5.54. The van der Waals surface area contributed by atoms with Crippen molar-refractivity contribution < 1.29 is 9.47 Å². The zero-order chi connectivity index (χ0) is 15.6. The van der Waals surface area contributed by atoms with Crippen molar-refractivity contribution >= 4 is 5.69 Å². The summed E-state index contributed by atoms with van der Waals surface area (Å²) in [5.41, 5.74) is 2.45. The van der Waals surface area contributed by atoms with Crippen molar-refractivity contribution in [2.24, 2.45) is 0 Å². The van der Waals surface area contributed by atoms with E-state index in [1.807, 2.05) is 32.0 Å². The lowest BCUT2D eigenvalue weighted by Crippen LogP contribution is -2.04. The number of hydrogen-bond acceptors (Lipinski definition) is 3. The maximum Gasteiger partial charge on any atom is 0.163 e. The zero-order valence-corrected chi connectivity index (χ0v) is 13.5. The average Bonchev–Trinajstić information content (AvgIpc) is 2.55. The largest absolute Gasteiger partial charge is 0.490 e. The van der Waals surface area contributed by atoms with Gasteiger partial charge in [0.15, 0.2) is 11.5 Å². The molecule has 22 heavy (non-hydrogen) atoms. The molecule has 0 aliphatic carbocycles. The van der Waals surface area contributed by atoms with Crippen molar-refractivity contribution in [3.05, 3.63) is 54.1 Å². The fourth-order valence-electron chi connectivity index (χ4n) is 2.33. The van der Waals surface area contributed by atoms with Crippen LogP contribution >= 0.6 is 0 Å². The normalized spacial score (nSPS) is 10.3. The highest BCUT2D eigenvalue weighted by Gasteiger charge is 2.05. The summed E-state index contributed by atoms with van der Waals surface area (Å²) in [4.78, 5) is 0. The van der Waals surface area contributed by atoms with Crippen LogP contribution in [0.1, 0.15) is 25.8 Å². The molecule has 0 radical (unpaired) electrons. The lowest BCUT2D eigenvalue weighted by Gasteiger charge is -2.13. The third kappa shape index (κ3) is 4.99. The number of hydrogen-bond donors (Lipinski definition) is 1. The van der Waals surface area contributed by atoms with Crippen molar-refractivity contribution in [1.82, 2.24) is 0 Å². The molecule has 0 atom stereocenters. The third-order valence-electron chi connectivity index (χ3n) is 3.36. The first-order chi connectivity index (χ1) is 10.8. The summed E-state index contributed by atoms with van der Waals surface area (Å²) in [6, 6.07) is 16.6. The molecule has 1 N–H and O–H groups in total. The Morgan fingerprint density at radius 2 is 1.59 bits per heavy atom. The van der Waals surface area contributed by atoms with E-state index in [-0.39, 0.29) is 0 Å². The monoisotopic (exact) mass is 299 g/mol. The van der Waals surface area contributed by atoms with Crippen LogP contribution in [0.15, 0.2) is 48.5 Å². The second-order valence-electron chi connectivity index (χ2n) is 5.04. The minimum absolute atomic E-state index is 0.636. The van der Waals surface area contributed by atoms with Gasteiger partial charge in [-0.05, 0) is 44.4 Å². The summed E-state index contributed by atoms with van der Waals surface area (Å²) in [6.45, 7) is 6.18. The van der Waals surface area contributed by atoms with E-state index < -0.39 is 0 Å². The quantitative estimate of drug-likeness (QED) is 0.690. The van der Waals surface area contributed by atoms with Gasteiger partial charge in [-0.2, -0.15) is 0 Å². The van der Waals surface area contributed by atoms with Gasteiger partial charge in [-0.1, -0.05) is 30.3 Å². The molecule has 0 aliphatic rings. The second kappa shape index (κ2) is 8.98. The Morgan fingerprint density at radius 1 is 0.864 bits per heavy atom. The maximum atomic E-state index is 5.64. The number of ether oxygens (including phenoxy) is 2. The SMILES string of the molecule is CCOc1ccc(NCCCc2ccccc2)cc1OCC. The van der Waals surface area contributed by atoms with Gasteiger partial charge in [0.1, 0.15) is 0 Å². The first-order valence-electron chi connectivity index (χ1n) is 8.01. The van der Waals surface area contributed by atoms with E-state index in [9.17, 15) is 0 Å². The Bertz CT molecular complexity index is 555. The van der Waals surface area contributed by atoms with Gasteiger partial charge in [-0.15, -0.1) is 0 Å². The smallest absolute Gasteiger partial charge is 0.163 e. The van der Waals surface area contributed by atoms with Crippen LogP contribution in [-0.4, -0.2) is 19.8 Å². The molecule has 2 aromatic rings. The summed E-state index contributed by atoms with van der Waals surface area (Å²) in [5.74, 6) is 1.61. The molecule has 3 heteroatoms. The van der Waals surface area contributed by atoms with E-state index in [0.29, 0.717) is 13.2 Å². The summed E-state index contributed by atoms with van der Waals surface area (Å²) in [6.07, 6.45) is 2.18. The van der Waals surface area contributed by atoms with Crippen LogP contribution in [0.5, 0.6) is 11.5 Å². The van der Waals surface area contributed by atoms with E-state index in [1.54, 1.807) is 0 Å². The van der Waals surface area contributed by atoms with E-state index >= 15 is 0 Å². The molecule has 0 saturated heterocycles. The number of aryl methyl sites for hydroxylation is 1. The van der Waals surface area contributed by atoms with Crippen LogP contribution in [-0.2, 0) is 6.42 Å². The lowest BCUT2D eigenvalue weighted by molar-refractivity contribution is 0.288. The minimum atomic E-state index is 0.636. The molecule has 0 amide bonds. The Kier molecular flexibility index (Phi) is 6.62. The molecule has 0 saturated carbocycles. The predicted molar refractivity (Wildman–Crippen MR) is 92.0 cm³/mol. The van der Waals surface area contributed by atoms with Gasteiger partial charge in [-0.25, -0.2) is 0 Å². The fraction of sp³-hybridized carbons (Fsp3) is 0.368. The molecule has 0 unspecified atom stereocenters. The first kappa shape index (κ1) is 16.2. The first-order valence-corrected chi connectivity index (χ1v) is 8.01. The summed E-state index contributed by atoms with van der Waals surface area (Å²) >= 11 is 0. The van der Waals surface area contributed by atoms with Gasteiger partial charge >= 0.3 is 0 Å². The molecule has 118 valence electrons. The van der Waals surface area contributed by atoms with E-state index in [2.05, 4.69) is 35.6 Å². The van der Waals surface area contributed by atoms with Gasteiger partial charge < -0.3 is 14.8 Å². The van der Waals surface area contributed by atoms with Gasteiger partial charge in [-0.3, -0.25) is 0 Å². The molecule has 0 bridgehead atoms. The van der Waals surface area contributed by atoms with Gasteiger partial charge in [0.25, 0.3) is 0 Å². The Morgan fingerprint density at radius 3 is 2.32 bits per heavy atom. The molecule has 3 nitrogen and oxygen atoms in total. The van der Waals surface area contributed by atoms with Crippen molar-refractivity contribution in [3.63, 3.8) is 0 Å². The summed E-state index contributed by atoms with van der Waals surface area (Å²) < 4.78 is 11.2. The molecule has 0 spiro atoms. The van der Waals surface area contributed by atoms with Crippen molar-refractivity contribution in [3.8, 4) is 11.5 Å². The van der Waals surface area contributed by atoms with Crippen LogP contribution in [0.3, 0.4) is 0 Å². The highest BCUT2D eigenvalue weighted by atomic mass is 16.5. The van der Waals surface area contributed by atoms with Crippen molar-refractivity contribution in [1.29, 1.82) is 0 Å². The standard InChI is InChI=1S/C19H25NO2/c1-3-21-18-13-12-17(15-19(18)22-4-2)20-14-8-11-16-9-6-5-7-10-16/h5-7,9-10,12-13,15,20H,3-4,8,11,14H2,1-2H3. The van der Waals surface area contributed by atoms with Crippen molar-refractivity contribution in [2.45, 2.75) is 26.7 Å². The highest BCUT2D eigenvalue weighted by Crippen LogP contribution is 2.30. The molecule has 2 aromatic carbocycles. The number of anilines is 1. The van der Waals surface area contributed by atoms with Gasteiger partial charge in [0, 0.05) is 18.3 Å². The Hall–Kier alpha value is -2.16. The van der Waals surface area contributed by atoms with Crippen LogP contribution in [0.25, 0.3) is 0 Å². The van der Waals surface area contributed by atoms with Crippen LogP contribution in [0.4, 0.5) is 5.69 Å². The second-order valence-corrected chi connectivity index (χ2v) is 5.04. The lowest BCUT2D eigenvalue weighted by atomic mass is 10.1. The topological polar surface area (TPSA) is 30.5 Å². The van der Waals surface area contributed by atoms with Gasteiger partial charge in [0.2, 0.25) is 0 Å². The van der Waals surface area contributed by atoms with Crippen LogP contribution in [0, 0.1) is 0 Å². The minimum Gasteiger partial charge on any atom is -0.490 e. The molecule has 0 aliphatic heterocycles. The molecule has 2 rings (SSSR count). The Balaban J connectivity index is 1.85. The van der Waals surface area contributed by atoms with E-state index in [1.165, 1.54) is 5.56 Å². The maximum absolute atomic E-state index is 5.64. The molecule has 0 heterocycles. The van der Waals surface area contributed by atoms with Crippen LogP contribution in [0.2, 0.25) is 0 Å². The molecule has 0 fully saturated rings. The van der Waals surface area contributed by atoms with Gasteiger partial charge in [0.05, 0.1) is 13.2 Å². The summed E-state index contributed by atoms with van der Waals surface area (Å²) in [7, 11) is 0. The number of nitrogens with one attached hydrogen (secondary N) is 1. The van der Waals surface area contributed by atoms with Crippen LogP contribution < -0.4 is 14.8 Å². The van der Waals surface area contributed by atoms with E-state index in [4.69, 9.17) is 9.47 Å². The Labute approximate surface area is 133 Å². The number of benzene rings is 2. The molecule has 0 aromatic heterocycles. The third-order valence-corrected chi connectivity index (χ3v) is 3.36. The molecular formula is C19H25NO2. The average molecular weight is 299 g/mol. The molecular weight excluding hydrogens is 274 g/mol.